The molecular weight excluding hydrogens is 268 g/mol. The summed E-state index contributed by atoms with van der Waals surface area (Å²) in [6, 6.07) is 2.71. The van der Waals surface area contributed by atoms with Gasteiger partial charge in [-0.25, -0.2) is 0 Å². The highest BCUT2D eigenvalue weighted by Crippen LogP contribution is 2.27. The quantitative estimate of drug-likeness (QED) is 0.879. The Labute approximate surface area is 123 Å². The van der Waals surface area contributed by atoms with Crippen LogP contribution in [0.4, 0.5) is 5.95 Å². The van der Waals surface area contributed by atoms with E-state index in [0.29, 0.717) is 23.7 Å². The molecule has 0 spiro atoms. The van der Waals surface area contributed by atoms with Crippen LogP contribution in [-0.2, 0) is 0 Å². The van der Waals surface area contributed by atoms with Gasteiger partial charge in [-0.3, -0.25) is 10.1 Å². The van der Waals surface area contributed by atoms with Crippen molar-refractivity contribution < 1.29 is 4.74 Å². The number of hydrogen-bond donors (Lipinski definition) is 2. The molecule has 2 aromatic rings. The lowest BCUT2D eigenvalue weighted by molar-refractivity contribution is 0.403. The van der Waals surface area contributed by atoms with Crippen LogP contribution in [0.5, 0.6) is 5.75 Å². The summed E-state index contributed by atoms with van der Waals surface area (Å²) in [5.41, 5.74) is 0.863. The minimum atomic E-state index is 0.422. The number of aromatic amines is 1. The third-order valence-corrected chi connectivity index (χ3v) is 3.57. The van der Waals surface area contributed by atoms with Crippen molar-refractivity contribution >= 4 is 5.95 Å². The Hall–Kier alpha value is -2.15. The molecule has 1 fully saturated rings. The van der Waals surface area contributed by atoms with Crippen molar-refractivity contribution in [3.8, 4) is 17.1 Å². The number of ether oxygens (including phenoxy) is 1. The SMILES string of the molecule is COc1cnccc1-c1nc(N2CC(C)NC(C)C2)n[nH]1. The van der Waals surface area contributed by atoms with E-state index >= 15 is 0 Å². The number of hydrogen-bond acceptors (Lipinski definition) is 6. The fourth-order valence-corrected chi connectivity index (χ4v) is 2.74. The van der Waals surface area contributed by atoms with Crippen molar-refractivity contribution in [3.05, 3.63) is 18.5 Å². The average Bonchev–Trinajstić information content (AvgIpc) is 2.96. The summed E-state index contributed by atoms with van der Waals surface area (Å²) in [6.07, 6.45) is 3.39. The fourth-order valence-electron chi connectivity index (χ4n) is 2.74. The van der Waals surface area contributed by atoms with Gasteiger partial charge in [-0.15, -0.1) is 5.10 Å². The molecule has 2 aromatic heterocycles. The zero-order valence-electron chi connectivity index (χ0n) is 12.5. The Balaban J connectivity index is 1.86. The topological polar surface area (TPSA) is 79.0 Å². The number of methoxy groups -OCH3 is 1. The van der Waals surface area contributed by atoms with Crippen LogP contribution >= 0.6 is 0 Å². The highest BCUT2D eigenvalue weighted by molar-refractivity contribution is 5.63. The molecule has 3 heterocycles. The van der Waals surface area contributed by atoms with Gasteiger partial charge in [0, 0.05) is 31.4 Å². The summed E-state index contributed by atoms with van der Waals surface area (Å²) in [5, 5.41) is 10.8. The van der Waals surface area contributed by atoms with Crippen molar-refractivity contribution in [2.24, 2.45) is 0 Å². The van der Waals surface area contributed by atoms with E-state index < -0.39 is 0 Å². The first-order valence-corrected chi connectivity index (χ1v) is 7.09. The highest BCUT2D eigenvalue weighted by atomic mass is 16.5. The predicted octanol–water partition coefficient (Wildman–Crippen LogP) is 1.06. The zero-order chi connectivity index (χ0) is 14.8. The Morgan fingerprint density at radius 1 is 1.29 bits per heavy atom. The Kier molecular flexibility index (Phi) is 3.74. The maximum absolute atomic E-state index is 5.31. The second kappa shape index (κ2) is 5.69. The number of aromatic nitrogens is 4. The van der Waals surface area contributed by atoms with Crippen molar-refractivity contribution in [2.45, 2.75) is 25.9 Å². The second-order valence-electron chi connectivity index (χ2n) is 5.43. The summed E-state index contributed by atoms with van der Waals surface area (Å²) in [6.45, 7) is 6.13. The molecule has 2 N–H and O–H groups in total. The number of rotatable bonds is 3. The van der Waals surface area contributed by atoms with Gasteiger partial charge in [-0.05, 0) is 19.9 Å². The third kappa shape index (κ3) is 2.82. The normalized spacial score (nSPS) is 22.3. The van der Waals surface area contributed by atoms with Crippen molar-refractivity contribution in [3.63, 3.8) is 0 Å². The van der Waals surface area contributed by atoms with Gasteiger partial charge in [0.25, 0.3) is 0 Å². The first-order valence-electron chi connectivity index (χ1n) is 7.09. The van der Waals surface area contributed by atoms with E-state index in [0.717, 1.165) is 24.6 Å². The maximum atomic E-state index is 5.31. The minimum absolute atomic E-state index is 0.422. The number of nitrogens with one attached hydrogen (secondary N) is 2. The van der Waals surface area contributed by atoms with Crippen LogP contribution in [0.2, 0.25) is 0 Å². The lowest BCUT2D eigenvalue weighted by Gasteiger charge is -2.35. The Morgan fingerprint density at radius 3 is 2.76 bits per heavy atom. The van der Waals surface area contributed by atoms with E-state index in [1.807, 2.05) is 6.07 Å². The molecule has 1 aliphatic heterocycles. The Bertz CT molecular complexity index is 603. The van der Waals surface area contributed by atoms with Crippen LogP contribution in [-0.4, -0.2) is 52.4 Å². The van der Waals surface area contributed by atoms with Crippen LogP contribution in [0.25, 0.3) is 11.4 Å². The van der Waals surface area contributed by atoms with E-state index in [-0.39, 0.29) is 0 Å². The average molecular weight is 288 g/mol. The number of H-pyrrole nitrogens is 1. The van der Waals surface area contributed by atoms with Crippen LogP contribution in [0.1, 0.15) is 13.8 Å². The van der Waals surface area contributed by atoms with Gasteiger partial charge < -0.3 is 15.0 Å². The van der Waals surface area contributed by atoms with Crippen LogP contribution < -0.4 is 15.0 Å². The summed E-state index contributed by atoms with van der Waals surface area (Å²) >= 11 is 0. The molecule has 7 nitrogen and oxygen atoms in total. The highest BCUT2D eigenvalue weighted by Gasteiger charge is 2.24. The van der Waals surface area contributed by atoms with E-state index in [1.165, 1.54) is 0 Å². The maximum Gasteiger partial charge on any atom is 0.245 e. The monoisotopic (exact) mass is 288 g/mol. The van der Waals surface area contributed by atoms with Gasteiger partial charge in [0.2, 0.25) is 5.95 Å². The first-order chi connectivity index (χ1) is 10.2. The summed E-state index contributed by atoms with van der Waals surface area (Å²) in [7, 11) is 1.62. The van der Waals surface area contributed by atoms with E-state index in [4.69, 9.17) is 4.74 Å². The molecule has 21 heavy (non-hydrogen) atoms. The zero-order valence-corrected chi connectivity index (χ0v) is 12.5. The van der Waals surface area contributed by atoms with E-state index in [9.17, 15) is 0 Å². The van der Waals surface area contributed by atoms with Crippen molar-refractivity contribution in [1.29, 1.82) is 0 Å². The van der Waals surface area contributed by atoms with Gasteiger partial charge in [-0.1, -0.05) is 0 Å². The van der Waals surface area contributed by atoms with E-state index in [2.05, 4.69) is 44.2 Å². The van der Waals surface area contributed by atoms with Gasteiger partial charge in [0.1, 0.15) is 5.75 Å². The molecule has 7 heteroatoms. The number of piperazine rings is 1. The number of nitrogens with zero attached hydrogens (tertiary/aromatic N) is 4. The van der Waals surface area contributed by atoms with Gasteiger partial charge in [0.15, 0.2) is 5.82 Å². The molecule has 3 rings (SSSR count). The van der Waals surface area contributed by atoms with Crippen molar-refractivity contribution in [2.75, 3.05) is 25.1 Å². The second-order valence-corrected chi connectivity index (χ2v) is 5.43. The van der Waals surface area contributed by atoms with Crippen LogP contribution in [0, 0.1) is 0 Å². The molecule has 2 atom stereocenters. The summed E-state index contributed by atoms with van der Waals surface area (Å²) < 4.78 is 5.31. The lowest BCUT2D eigenvalue weighted by Crippen LogP contribution is -2.54. The molecule has 0 aromatic carbocycles. The predicted molar refractivity (Wildman–Crippen MR) is 80.4 cm³/mol. The number of pyridine rings is 1. The smallest absolute Gasteiger partial charge is 0.245 e. The summed E-state index contributed by atoms with van der Waals surface area (Å²) in [4.78, 5) is 10.9. The molecule has 0 radical (unpaired) electrons. The van der Waals surface area contributed by atoms with Crippen LogP contribution in [0.3, 0.4) is 0 Å². The first kappa shape index (κ1) is 13.8. The number of anilines is 1. The third-order valence-electron chi connectivity index (χ3n) is 3.57. The molecule has 112 valence electrons. The summed E-state index contributed by atoms with van der Waals surface area (Å²) in [5.74, 6) is 2.11. The van der Waals surface area contributed by atoms with Gasteiger partial charge in [-0.2, -0.15) is 4.98 Å². The van der Waals surface area contributed by atoms with Gasteiger partial charge in [0.05, 0.1) is 18.9 Å². The lowest BCUT2D eigenvalue weighted by atomic mass is 10.1. The molecule has 1 saturated heterocycles. The Morgan fingerprint density at radius 2 is 2.05 bits per heavy atom. The van der Waals surface area contributed by atoms with E-state index in [1.54, 1.807) is 19.5 Å². The minimum Gasteiger partial charge on any atom is -0.494 e. The molecule has 1 aliphatic rings. The molecule has 0 aliphatic carbocycles. The molecule has 0 saturated carbocycles. The molecular formula is C14H20N6O. The van der Waals surface area contributed by atoms with Crippen LogP contribution in [0.15, 0.2) is 18.5 Å². The molecule has 2 unspecified atom stereocenters. The largest absolute Gasteiger partial charge is 0.494 e. The van der Waals surface area contributed by atoms with Gasteiger partial charge >= 0.3 is 0 Å². The molecule has 0 amide bonds. The fraction of sp³-hybridized carbons (Fsp3) is 0.500. The molecule has 0 bridgehead atoms. The van der Waals surface area contributed by atoms with Crippen molar-refractivity contribution in [1.82, 2.24) is 25.5 Å². The standard InChI is InChI=1S/C14H20N6O/c1-9-7-20(8-10(2)16-9)14-17-13(18-19-14)11-4-5-15-6-12(11)21-3/h4-6,9-10,16H,7-8H2,1-3H3,(H,17,18,19).